The minimum Gasteiger partial charge on any atom is -0.443 e. The number of hydrogen-bond donors (Lipinski definition) is 0. The van der Waals surface area contributed by atoms with Crippen LogP contribution in [0.1, 0.15) is 46.2 Å². The van der Waals surface area contributed by atoms with Crippen molar-refractivity contribution in [2.24, 2.45) is 0 Å². The molecular formula is C18H25NO5. The third-order valence-electron chi connectivity index (χ3n) is 3.52. The third-order valence-corrected chi connectivity index (χ3v) is 3.52. The Morgan fingerprint density at radius 3 is 2.42 bits per heavy atom. The van der Waals surface area contributed by atoms with E-state index in [9.17, 15) is 9.59 Å². The number of amides is 2. The van der Waals surface area contributed by atoms with Crippen molar-refractivity contribution in [3.05, 3.63) is 35.9 Å². The van der Waals surface area contributed by atoms with Crippen molar-refractivity contribution in [1.29, 1.82) is 0 Å². The highest BCUT2D eigenvalue weighted by atomic mass is 16.7. The average Bonchev–Trinajstić information content (AvgIpc) is 2.49. The van der Waals surface area contributed by atoms with Gasteiger partial charge in [-0.3, -0.25) is 4.79 Å². The van der Waals surface area contributed by atoms with Gasteiger partial charge in [0, 0.05) is 6.61 Å². The summed E-state index contributed by atoms with van der Waals surface area (Å²) in [5.41, 5.74) is 0.139. The smallest absolute Gasteiger partial charge is 0.417 e. The zero-order valence-electron chi connectivity index (χ0n) is 14.8. The van der Waals surface area contributed by atoms with Crippen LogP contribution in [0.25, 0.3) is 0 Å². The molecule has 1 aliphatic heterocycles. The van der Waals surface area contributed by atoms with Gasteiger partial charge in [-0.05, 0) is 40.2 Å². The summed E-state index contributed by atoms with van der Waals surface area (Å²) in [6.45, 7) is 9.35. The van der Waals surface area contributed by atoms with E-state index in [1.807, 2.05) is 37.3 Å². The Balaban J connectivity index is 2.21. The first-order valence-electron chi connectivity index (χ1n) is 8.12. The van der Waals surface area contributed by atoms with Crippen molar-refractivity contribution in [2.75, 3.05) is 6.61 Å². The first-order chi connectivity index (χ1) is 11.2. The fourth-order valence-corrected chi connectivity index (χ4v) is 2.56. The Bertz CT molecular complexity index is 581. The molecule has 3 atom stereocenters. The van der Waals surface area contributed by atoms with E-state index in [0.29, 0.717) is 6.61 Å². The molecule has 0 saturated carbocycles. The summed E-state index contributed by atoms with van der Waals surface area (Å²) in [5.74, 6) is -0.412. The molecule has 6 nitrogen and oxygen atoms in total. The number of β-lactam (4-membered cyclic amide) rings is 1. The second kappa shape index (κ2) is 7.32. The number of carbonyl (C=O) groups is 2. The number of imide groups is 1. The summed E-state index contributed by atoms with van der Waals surface area (Å²) in [6.07, 6.45) is -1.96. The zero-order valence-corrected chi connectivity index (χ0v) is 14.8. The lowest BCUT2D eigenvalue weighted by Crippen LogP contribution is -2.63. The maximum atomic E-state index is 12.5. The van der Waals surface area contributed by atoms with Gasteiger partial charge in [0.05, 0.1) is 0 Å². The van der Waals surface area contributed by atoms with Crippen LogP contribution in [0.15, 0.2) is 30.3 Å². The Labute approximate surface area is 142 Å². The van der Waals surface area contributed by atoms with Gasteiger partial charge in [0.15, 0.2) is 12.4 Å². The molecule has 0 aliphatic carbocycles. The number of carbonyl (C=O) groups excluding carboxylic acids is 2. The summed E-state index contributed by atoms with van der Waals surface area (Å²) < 4.78 is 16.4. The molecule has 6 heteroatoms. The van der Waals surface area contributed by atoms with E-state index in [1.165, 1.54) is 0 Å². The molecule has 1 aliphatic rings. The van der Waals surface area contributed by atoms with Gasteiger partial charge in [0.2, 0.25) is 0 Å². The van der Waals surface area contributed by atoms with Crippen molar-refractivity contribution in [3.63, 3.8) is 0 Å². The highest BCUT2D eigenvalue weighted by molar-refractivity contribution is 6.01. The number of hydrogen-bond acceptors (Lipinski definition) is 5. The lowest BCUT2D eigenvalue weighted by Gasteiger charge is -2.45. The average molecular weight is 335 g/mol. The first-order valence-corrected chi connectivity index (χ1v) is 8.12. The van der Waals surface area contributed by atoms with Gasteiger partial charge in [0.25, 0.3) is 5.91 Å². The van der Waals surface area contributed by atoms with E-state index in [1.54, 1.807) is 27.7 Å². The third kappa shape index (κ3) is 4.13. The molecule has 0 N–H and O–H groups in total. The first kappa shape index (κ1) is 18.4. The molecule has 2 amide bonds. The molecule has 1 aromatic rings. The van der Waals surface area contributed by atoms with Crippen LogP contribution >= 0.6 is 0 Å². The summed E-state index contributed by atoms with van der Waals surface area (Å²) in [5, 5.41) is 0. The number of nitrogens with zero attached hydrogens (tertiary/aromatic N) is 1. The monoisotopic (exact) mass is 335 g/mol. The fourth-order valence-electron chi connectivity index (χ4n) is 2.56. The fraction of sp³-hybridized carbons (Fsp3) is 0.556. The molecule has 1 aromatic carbocycles. The molecule has 132 valence electrons. The Kier molecular flexibility index (Phi) is 5.62. The molecular weight excluding hydrogens is 310 g/mol. The van der Waals surface area contributed by atoms with E-state index in [4.69, 9.17) is 14.2 Å². The SMILES string of the molecule is CCO[C@H](C)O[C@@H]1C(=O)N(C(=O)OC(C)(C)C)[C@@H]1c1ccccc1. The Hall–Kier alpha value is -1.92. The number of rotatable bonds is 5. The van der Waals surface area contributed by atoms with Crippen LogP contribution in [-0.4, -0.2) is 41.5 Å². The van der Waals surface area contributed by atoms with Crippen molar-refractivity contribution in [2.45, 2.75) is 58.7 Å². The van der Waals surface area contributed by atoms with Gasteiger partial charge in [-0.1, -0.05) is 30.3 Å². The summed E-state index contributed by atoms with van der Waals surface area (Å²) in [4.78, 5) is 26.0. The molecule has 0 unspecified atom stereocenters. The predicted octanol–water partition coefficient (Wildman–Crippen LogP) is 3.27. The molecule has 2 rings (SSSR count). The summed E-state index contributed by atoms with van der Waals surface area (Å²) in [6, 6.07) is 8.78. The lowest BCUT2D eigenvalue weighted by atomic mass is 9.91. The van der Waals surface area contributed by atoms with Crippen molar-refractivity contribution in [1.82, 2.24) is 4.90 Å². The Morgan fingerprint density at radius 2 is 1.88 bits per heavy atom. The molecule has 1 saturated heterocycles. The molecule has 0 radical (unpaired) electrons. The highest BCUT2D eigenvalue weighted by Gasteiger charge is 2.54. The van der Waals surface area contributed by atoms with Gasteiger partial charge in [0.1, 0.15) is 11.6 Å². The van der Waals surface area contributed by atoms with Crippen LogP contribution in [0.3, 0.4) is 0 Å². The van der Waals surface area contributed by atoms with E-state index in [2.05, 4.69) is 0 Å². The molecule has 1 heterocycles. The highest BCUT2D eigenvalue weighted by Crippen LogP contribution is 2.38. The molecule has 1 fully saturated rings. The number of likely N-dealkylation sites (tertiary alicyclic amines) is 1. The molecule has 0 bridgehead atoms. The maximum absolute atomic E-state index is 12.5. The molecule has 24 heavy (non-hydrogen) atoms. The number of benzene rings is 1. The predicted molar refractivity (Wildman–Crippen MR) is 88.2 cm³/mol. The van der Waals surface area contributed by atoms with Crippen LogP contribution < -0.4 is 0 Å². The van der Waals surface area contributed by atoms with Crippen LogP contribution in [0.5, 0.6) is 0 Å². The second-order valence-corrected chi connectivity index (χ2v) is 6.62. The van der Waals surface area contributed by atoms with Gasteiger partial charge in [-0.2, -0.15) is 0 Å². The molecule has 0 spiro atoms. The van der Waals surface area contributed by atoms with E-state index >= 15 is 0 Å². The Morgan fingerprint density at radius 1 is 1.25 bits per heavy atom. The van der Waals surface area contributed by atoms with Crippen molar-refractivity contribution < 1.29 is 23.8 Å². The summed E-state index contributed by atoms with van der Waals surface area (Å²) in [7, 11) is 0. The van der Waals surface area contributed by atoms with Gasteiger partial charge in [-0.15, -0.1) is 0 Å². The second-order valence-electron chi connectivity index (χ2n) is 6.62. The summed E-state index contributed by atoms with van der Waals surface area (Å²) >= 11 is 0. The maximum Gasteiger partial charge on any atom is 0.417 e. The van der Waals surface area contributed by atoms with Gasteiger partial charge >= 0.3 is 6.09 Å². The van der Waals surface area contributed by atoms with Crippen LogP contribution in [0.4, 0.5) is 4.79 Å². The minimum absolute atomic E-state index is 0.412. The normalized spacial score (nSPS) is 22.0. The quantitative estimate of drug-likeness (QED) is 0.610. The van der Waals surface area contributed by atoms with Crippen molar-refractivity contribution >= 4 is 12.0 Å². The zero-order chi connectivity index (χ0) is 17.9. The lowest BCUT2D eigenvalue weighted by molar-refractivity contribution is -0.211. The van der Waals surface area contributed by atoms with Crippen LogP contribution in [0.2, 0.25) is 0 Å². The topological polar surface area (TPSA) is 65.1 Å². The van der Waals surface area contributed by atoms with Crippen molar-refractivity contribution in [3.8, 4) is 0 Å². The van der Waals surface area contributed by atoms with Gasteiger partial charge in [-0.25, -0.2) is 9.69 Å². The molecule has 0 aromatic heterocycles. The van der Waals surface area contributed by atoms with Crippen LogP contribution in [0, 0.1) is 0 Å². The number of ether oxygens (including phenoxy) is 3. The van der Waals surface area contributed by atoms with E-state index < -0.39 is 36.0 Å². The van der Waals surface area contributed by atoms with Crippen LogP contribution in [-0.2, 0) is 19.0 Å². The van der Waals surface area contributed by atoms with E-state index in [-0.39, 0.29) is 0 Å². The largest absolute Gasteiger partial charge is 0.443 e. The standard InChI is InChI=1S/C18H25NO5/c1-6-22-12(2)23-15-14(13-10-8-7-9-11-13)19(16(15)20)17(21)24-18(3,4)5/h7-12,14-15H,6H2,1-5H3/t12-,14+,15-/m0/s1. The minimum atomic E-state index is -0.763. The van der Waals surface area contributed by atoms with E-state index in [0.717, 1.165) is 10.5 Å². The van der Waals surface area contributed by atoms with Gasteiger partial charge < -0.3 is 14.2 Å².